The van der Waals surface area contributed by atoms with Crippen molar-refractivity contribution in [3.05, 3.63) is 31.5 Å². The Kier molecular flexibility index (Phi) is 12.4. The van der Waals surface area contributed by atoms with Crippen LogP contribution in [0.2, 0.25) is 0 Å². The Morgan fingerprint density at radius 1 is 0.489 bits per heavy atom. The van der Waals surface area contributed by atoms with Gasteiger partial charge >= 0.3 is 17.1 Å². The molecule has 3 fully saturated rings. The van der Waals surface area contributed by atoms with Gasteiger partial charge in [0.2, 0.25) is 18.2 Å². The second-order valence-electron chi connectivity index (χ2n) is 13.3. The SMILES string of the molecule is CCC(N=C=O)C1CCC(n2c(=O)n(C3CCC(C(CC)N=C=O)CC3)c(=O)n(C3CCC(C(CC)N=C=O)CC3)c2=O)CC1. The predicted molar refractivity (Wildman–Crippen MR) is 169 cm³/mol. The quantitative estimate of drug-likeness (QED) is 0.242. The molecule has 0 spiro atoms. The molecule has 0 saturated heterocycles. The minimum absolute atomic E-state index is 0.123. The zero-order chi connectivity index (χ0) is 32.5. The van der Waals surface area contributed by atoms with E-state index in [9.17, 15) is 28.8 Å². The van der Waals surface area contributed by atoms with Gasteiger partial charge in [0.15, 0.2) is 0 Å². The summed E-state index contributed by atoms with van der Waals surface area (Å²) in [7, 11) is 0. The van der Waals surface area contributed by atoms with E-state index in [1.807, 2.05) is 20.8 Å². The normalized spacial score (nSPS) is 28.9. The third-order valence-corrected chi connectivity index (χ3v) is 11.1. The van der Waals surface area contributed by atoms with Crippen LogP contribution < -0.4 is 17.1 Å². The van der Waals surface area contributed by atoms with Gasteiger partial charge in [0.25, 0.3) is 0 Å². The molecule has 1 aromatic heterocycles. The molecule has 1 aromatic rings. The van der Waals surface area contributed by atoms with Crippen molar-refractivity contribution in [2.45, 2.75) is 153 Å². The van der Waals surface area contributed by atoms with E-state index in [1.165, 1.54) is 13.7 Å². The van der Waals surface area contributed by atoms with E-state index in [0.717, 1.165) is 57.8 Å². The highest BCUT2D eigenvalue weighted by Crippen LogP contribution is 2.38. The molecule has 0 N–H and O–H groups in total. The summed E-state index contributed by atoms with van der Waals surface area (Å²) in [6.45, 7) is 5.96. The fourth-order valence-electron chi connectivity index (χ4n) is 8.56. The summed E-state index contributed by atoms with van der Waals surface area (Å²) < 4.78 is 4.03. The topological polar surface area (TPSA) is 154 Å². The number of rotatable bonds is 12. The summed E-state index contributed by atoms with van der Waals surface area (Å²) >= 11 is 0. The molecule has 0 radical (unpaired) electrons. The lowest BCUT2D eigenvalue weighted by atomic mass is 9.80. The summed E-state index contributed by atoms with van der Waals surface area (Å²) in [5, 5.41) is 0. The summed E-state index contributed by atoms with van der Waals surface area (Å²) in [4.78, 5) is 87.4. The average molecular weight is 625 g/mol. The maximum atomic E-state index is 14.2. The van der Waals surface area contributed by atoms with Gasteiger partial charge in [-0.1, -0.05) is 20.8 Å². The van der Waals surface area contributed by atoms with Gasteiger partial charge in [0.05, 0.1) is 18.1 Å². The van der Waals surface area contributed by atoms with Crippen LogP contribution in [0.4, 0.5) is 0 Å². The first-order valence-electron chi connectivity index (χ1n) is 17.0. The Hall–Kier alpha value is -3.45. The highest BCUT2D eigenvalue weighted by atomic mass is 16.2. The minimum Gasteiger partial charge on any atom is -0.247 e. The Morgan fingerprint density at radius 3 is 0.889 bits per heavy atom. The molecule has 246 valence electrons. The smallest absolute Gasteiger partial charge is 0.247 e. The number of aromatic nitrogens is 3. The van der Waals surface area contributed by atoms with E-state index >= 15 is 0 Å². The monoisotopic (exact) mass is 624 g/mol. The van der Waals surface area contributed by atoms with E-state index < -0.39 is 17.1 Å². The number of isocyanates is 3. The molecular formula is C33H48N6O6. The van der Waals surface area contributed by atoms with Crippen molar-refractivity contribution in [3.8, 4) is 0 Å². The summed E-state index contributed by atoms with van der Waals surface area (Å²) in [6, 6.07) is -1.40. The van der Waals surface area contributed by atoms with Crippen LogP contribution in [0.1, 0.15) is 135 Å². The molecule has 1 heterocycles. The lowest BCUT2D eigenvalue weighted by molar-refractivity contribution is 0.187. The molecule has 3 atom stereocenters. The molecule has 12 heteroatoms. The lowest BCUT2D eigenvalue weighted by Crippen LogP contribution is -2.58. The average Bonchev–Trinajstić information content (AvgIpc) is 3.06. The van der Waals surface area contributed by atoms with Crippen LogP contribution in [0.15, 0.2) is 29.4 Å². The molecule has 4 rings (SSSR count). The van der Waals surface area contributed by atoms with Crippen molar-refractivity contribution >= 4 is 18.2 Å². The zero-order valence-corrected chi connectivity index (χ0v) is 26.9. The standard InChI is InChI=1S/C33H48N6O6/c1-4-28(34-19-40)22-7-13-25(14-8-22)37-31(43)38(26-15-9-23(10-16-26)29(5-2)35-20-41)33(45)39(32(37)44)27-17-11-24(12-18-27)30(6-3)36-21-42/h22-30H,4-18H2,1-3H3. The molecule has 0 aromatic carbocycles. The first-order valence-corrected chi connectivity index (χ1v) is 17.0. The molecule has 0 bridgehead atoms. The molecule has 3 aliphatic rings. The molecule has 45 heavy (non-hydrogen) atoms. The minimum atomic E-state index is -0.538. The van der Waals surface area contributed by atoms with Gasteiger partial charge in [-0.15, -0.1) is 0 Å². The van der Waals surface area contributed by atoms with Crippen LogP contribution >= 0.6 is 0 Å². The summed E-state index contributed by atoms with van der Waals surface area (Å²) in [5.74, 6) is 0.550. The van der Waals surface area contributed by atoms with Gasteiger partial charge in [0.1, 0.15) is 0 Å². The maximum absolute atomic E-state index is 14.2. The third kappa shape index (κ3) is 7.51. The number of carbonyl (C=O) groups excluding carboxylic acids is 3. The van der Waals surface area contributed by atoms with Gasteiger partial charge in [-0.05, 0) is 114 Å². The van der Waals surface area contributed by atoms with Crippen LogP contribution in [0.5, 0.6) is 0 Å². The lowest BCUT2D eigenvalue weighted by Gasteiger charge is -2.36. The van der Waals surface area contributed by atoms with E-state index in [0.29, 0.717) is 38.5 Å². The Labute approximate surface area is 263 Å². The van der Waals surface area contributed by atoms with Crippen molar-refractivity contribution in [2.24, 2.45) is 32.7 Å². The number of nitrogens with zero attached hydrogens (tertiary/aromatic N) is 6. The van der Waals surface area contributed by atoms with Crippen molar-refractivity contribution < 1.29 is 14.4 Å². The van der Waals surface area contributed by atoms with Gasteiger partial charge in [-0.2, -0.15) is 0 Å². The molecule has 12 nitrogen and oxygen atoms in total. The first kappa shape index (κ1) is 34.4. The summed E-state index contributed by atoms with van der Waals surface area (Å²) in [5.41, 5.74) is -1.61. The van der Waals surface area contributed by atoms with Crippen molar-refractivity contribution in [3.63, 3.8) is 0 Å². The number of hydrogen-bond donors (Lipinski definition) is 0. The van der Waals surface area contributed by atoms with Crippen LogP contribution in [-0.2, 0) is 14.4 Å². The van der Waals surface area contributed by atoms with E-state index in [2.05, 4.69) is 15.0 Å². The third-order valence-electron chi connectivity index (χ3n) is 11.1. The second kappa shape index (κ2) is 16.2. The maximum Gasteiger partial charge on any atom is 0.336 e. The largest absolute Gasteiger partial charge is 0.336 e. The van der Waals surface area contributed by atoms with Crippen LogP contribution in [0.25, 0.3) is 0 Å². The first-order chi connectivity index (χ1) is 21.8. The highest BCUT2D eigenvalue weighted by Gasteiger charge is 2.36. The van der Waals surface area contributed by atoms with Gasteiger partial charge < -0.3 is 0 Å². The second-order valence-corrected chi connectivity index (χ2v) is 13.3. The highest BCUT2D eigenvalue weighted by molar-refractivity contribution is 5.34. The van der Waals surface area contributed by atoms with Gasteiger partial charge in [-0.25, -0.2) is 57.4 Å². The molecular weight excluding hydrogens is 576 g/mol. The number of hydrogen-bond acceptors (Lipinski definition) is 9. The predicted octanol–water partition coefficient (Wildman–Crippen LogP) is 4.71. The molecule has 3 saturated carbocycles. The van der Waals surface area contributed by atoms with Crippen molar-refractivity contribution in [2.75, 3.05) is 0 Å². The van der Waals surface area contributed by atoms with Crippen LogP contribution in [0.3, 0.4) is 0 Å². The van der Waals surface area contributed by atoms with E-state index in [4.69, 9.17) is 0 Å². The molecule has 3 aliphatic carbocycles. The van der Waals surface area contributed by atoms with E-state index in [1.54, 1.807) is 18.2 Å². The molecule has 3 unspecified atom stereocenters. The molecule has 0 aliphatic heterocycles. The fraction of sp³-hybridized carbons (Fsp3) is 0.818. The van der Waals surface area contributed by atoms with Crippen LogP contribution in [-0.4, -0.2) is 50.1 Å². The Morgan fingerprint density at radius 2 is 0.711 bits per heavy atom. The summed E-state index contributed by atoms with van der Waals surface area (Å²) in [6.07, 6.45) is 15.1. The Balaban J connectivity index is 1.69. The number of aliphatic imine (C=N–C) groups is 3. The zero-order valence-electron chi connectivity index (χ0n) is 26.9. The van der Waals surface area contributed by atoms with E-state index in [-0.39, 0.29) is 54.0 Å². The van der Waals surface area contributed by atoms with Gasteiger partial charge in [0, 0.05) is 18.1 Å². The van der Waals surface area contributed by atoms with Crippen molar-refractivity contribution in [1.29, 1.82) is 0 Å². The fourth-order valence-corrected chi connectivity index (χ4v) is 8.56. The van der Waals surface area contributed by atoms with Crippen molar-refractivity contribution in [1.82, 2.24) is 13.7 Å². The molecule has 0 amide bonds. The Bertz CT molecular complexity index is 1260. The van der Waals surface area contributed by atoms with Crippen LogP contribution in [0, 0.1) is 17.8 Å². The van der Waals surface area contributed by atoms with Gasteiger partial charge in [-0.3, -0.25) is 0 Å².